The summed E-state index contributed by atoms with van der Waals surface area (Å²) in [5.41, 5.74) is 1.36. The van der Waals surface area contributed by atoms with Crippen LogP contribution in [0.25, 0.3) is 0 Å². The number of fused-ring (bicyclic) bond motifs is 1. The van der Waals surface area contributed by atoms with Crippen LogP contribution in [0.4, 0.5) is 0 Å². The first-order chi connectivity index (χ1) is 13.2. The zero-order valence-corrected chi connectivity index (χ0v) is 26.1. The zero-order chi connectivity index (χ0) is 20.6. The Hall–Kier alpha value is 0.760. The maximum atomic E-state index is 11.1. The van der Waals surface area contributed by atoms with Gasteiger partial charge < -0.3 is 39.6 Å². The van der Waals surface area contributed by atoms with Crippen molar-refractivity contribution in [2.75, 3.05) is 0 Å². The van der Waals surface area contributed by atoms with E-state index in [0.717, 1.165) is 0 Å². The Bertz CT molecular complexity index is 805. The van der Waals surface area contributed by atoms with Crippen LogP contribution in [-0.4, -0.2) is 23.9 Å². The van der Waals surface area contributed by atoms with Gasteiger partial charge in [0.1, 0.15) is 12.2 Å². The van der Waals surface area contributed by atoms with Crippen molar-refractivity contribution in [1.29, 1.82) is 0 Å². The predicted molar refractivity (Wildman–Crippen MR) is 77.7 cm³/mol. The fraction of sp³-hybridized carbons (Fsp3) is 0.333. The fourth-order valence-electron chi connectivity index (χ4n) is 3.39. The third-order valence-electron chi connectivity index (χ3n) is 4.75. The molecule has 148 valence electrons. The molecule has 4 rings (SSSR count). The third kappa shape index (κ3) is 7.63. The minimum Gasteiger partial charge on any atom is -0.549 e. The Balaban J connectivity index is 0. The smallest absolute Gasteiger partial charge is 0.549 e. The van der Waals surface area contributed by atoms with Crippen LogP contribution in [0.5, 0.6) is 0 Å². The van der Waals surface area contributed by atoms with E-state index < -0.39 is 60.8 Å². The second-order valence-electron chi connectivity index (χ2n) is 6.42. The number of carboxylic acid groups (broad SMARTS) is 4. The van der Waals surface area contributed by atoms with Crippen LogP contribution in [0, 0.1) is 11.8 Å². The third-order valence-corrected chi connectivity index (χ3v) is 4.75. The molecule has 0 fully saturated rings. The monoisotopic (exact) mass is 480 g/mol. The van der Waals surface area contributed by atoms with Crippen molar-refractivity contribution in [3.05, 3.63) is 46.5 Å². The van der Waals surface area contributed by atoms with E-state index in [1.54, 1.807) is 12.2 Å². The van der Waals surface area contributed by atoms with Crippen LogP contribution in [-0.2, 0) is 41.8 Å². The molecule has 32 heavy (non-hydrogen) atoms. The number of carbonyl (C=O) groups excluding carboxylic acids is 4. The van der Waals surface area contributed by atoms with E-state index in [2.05, 4.69) is 0 Å². The van der Waals surface area contributed by atoms with Gasteiger partial charge in [-0.2, -0.15) is 0 Å². The van der Waals surface area contributed by atoms with Gasteiger partial charge >= 0.3 is 118 Å². The Labute approximate surface area is 271 Å². The Morgan fingerprint density at radius 2 is 0.938 bits per heavy atom. The predicted octanol–water partition coefficient (Wildman–Crippen LogP) is -16.4. The molecule has 0 spiro atoms. The van der Waals surface area contributed by atoms with E-state index in [1.165, 1.54) is 12.1 Å². The molecule has 0 radical (unpaired) electrons. The summed E-state index contributed by atoms with van der Waals surface area (Å²) >= 11 is 0. The van der Waals surface area contributed by atoms with Gasteiger partial charge in [-0.05, 0) is 47.2 Å². The van der Waals surface area contributed by atoms with Gasteiger partial charge in [-0.1, -0.05) is 12.1 Å². The summed E-state index contributed by atoms with van der Waals surface area (Å²) in [6, 6.07) is 2.76. The van der Waals surface area contributed by atoms with Gasteiger partial charge in [-0.25, -0.2) is 9.78 Å². The minimum absolute atomic E-state index is 0. The minimum atomic E-state index is -1.92. The maximum absolute atomic E-state index is 11.1. The van der Waals surface area contributed by atoms with Crippen LogP contribution in [0.15, 0.2) is 24.3 Å². The molecule has 1 aliphatic carbocycles. The molecule has 2 aliphatic heterocycles. The molecule has 2 heterocycles. The number of rotatable bonds is 8. The molecule has 1 aromatic carbocycles. The number of aliphatic carboxylic acids is 4. The SMILES string of the molecule is O=C([O-])C(Cc1ccc(CC(C(=O)[O-])C(=O)[O-])c2c1C1C=CC2OO1)C(=O)[O-].[Na+].[Na+].[Na+].[Na+]. The quantitative estimate of drug-likeness (QED) is 0.150. The van der Waals surface area contributed by atoms with Gasteiger partial charge in [-0.15, -0.1) is 0 Å². The largest absolute Gasteiger partial charge is 1.00 e. The Kier molecular flexibility index (Phi) is 16.4. The summed E-state index contributed by atoms with van der Waals surface area (Å²) in [5, 5.41) is 44.4. The molecule has 0 saturated carbocycles. The van der Waals surface area contributed by atoms with Crippen LogP contribution < -0.4 is 139 Å². The van der Waals surface area contributed by atoms with E-state index in [-0.39, 0.29) is 118 Å². The van der Waals surface area contributed by atoms with Crippen molar-refractivity contribution < 1.29 is 168 Å². The first-order valence-corrected chi connectivity index (χ1v) is 8.19. The molecule has 2 bridgehead atoms. The van der Waals surface area contributed by atoms with Gasteiger partial charge in [0, 0.05) is 11.8 Å². The second kappa shape index (κ2) is 15.0. The number of carboxylic acids is 4. The van der Waals surface area contributed by atoms with Crippen molar-refractivity contribution >= 4 is 23.9 Å². The van der Waals surface area contributed by atoms with E-state index in [1.807, 2.05) is 0 Å². The maximum Gasteiger partial charge on any atom is 1.00 e. The summed E-state index contributed by atoms with van der Waals surface area (Å²) < 4.78 is 0. The summed E-state index contributed by atoms with van der Waals surface area (Å²) in [6.07, 6.45) is 0.681. The van der Waals surface area contributed by atoms with Crippen molar-refractivity contribution in [3.63, 3.8) is 0 Å². The molecule has 0 amide bonds. The number of hydrogen-bond acceptors (Lipinski definition) is 10. The van der Waals surface area contributed by atoms with Crippen LogP contribution >= 0.6 is 0 Å². The van der Waals surface area contributed by atoms with Crippen LogP contribution in [0.2, 0.25) is 0 Å². The average molecular weight is 480 g/mol. The normalized spacial score (nSPS) is 17.2. The first-order valence-electron chi connectivity index (χ1n) is 8.19. The standard InChI is InChI=1S/C18H16O10.4Na/c19-15(20)9(16(21)22)5-7-1-2-8(6-10(17(23)24)18(25)26)14-12-4-3-11(13(7)14)27-28-12;;;;/h1-4,9-12H,5-6H2,(H,19,20)(H,21,22)(H,23,24)(H,25,26);;;;/q;4*+1/p-4. The molecule has 3 aliphatic rings. The molecular formula is C18H12Na4O10. The van der Waals surface area contributed by atoms with E-state index >= 15 is 0 Å². The summed E-state index contributed by atoms with van der Waals surface area (Å²) in [6.45, 7) is 0. The van der Waals surface area contributed by atoms with Gasteiger partial charge in [0.15, 0.2) is 0 Å². The Morgan fingerprint density at radius 3 is 1.16 bits per heavy atom. The molecule has 2 atom stereocenters. The van der Waals surface area contributed by atoms with Gasteiger partial charge in [0.2, 0.25) is 0 Å². The Morgan fingerprint density at radius 1 is 0.656 bits per heavy atom. The summed E-state index contributed by atoms with van der Waals surface area (Å²) in [4.78, 5) is 54.6. The van der Waals surface area contributed by atoms with Crippen molar-refractivity contribution in [2.24, 2.45) is 11.8 Å². The molecule has 1 aromatic rings. The number of carbonyl (C=O) groups is 4. The fourth-order valence-corrected chi connectivity index (χ4v) is 3.39. The zero-order valence-electron chi connectivity index (χ0n) is 18.1. The molecule has 0 saturated heterocycles. The molecule has 0 aromatic heterocycles. The van der Waals surface area contributed by atoms with Crippen molar-refractivity contribution in [1.82, 2.24) is 0 Å². The molecule has 0 N–H and O–H groups in total. The topological polar surface area (TPSA) is 179 Å². The van der Waals surface area contributed by atoms with Crippen molar-refractivity contribution in [2.45, 2.75) is 25.0 Å². The summed E-state index contributed by atoms with van der Waals surface area (Å²) in [5.74, 6) is -11.1. The summed E-state index contributed by atoms with van der Waals surface area (Å²) in [7, 11) is 0. The second-order valence-corrected chi connectivity index (χ2v) is 6.42. The molecular weight excluding hydrogens is 468 g/mol. The average Bonchev–Trinajstić information content (AvgIpc) is 2.64. The van der Waals surface area contributed by atoms with Crippen molar-refractivity contribution in [3.8, 4) is 0 Å². The molecule has 2 unspecified atom stereocenters. The number of hydrogen-bond donors (Lipinski definition) is 0. The van der Waals surface area contributed by atoms with Crippen LogP contribution in [0.1, 0.15) is 34.5 Å². The van der Waals surface area contributed by atoms with E-state index in [0.29, 0.717) is 22.3 Å². The van der Waals surface area contributed by atoms with Gasteiger partial charge in [0.25, 0.3) is 0 Å². The van der Waals surface area contributed by atoms with Gasteiger partial charge in [-0.3, -0.25) is 0 Å². The van der Waals surface area contributed by atoms with Crippen LogP contribution in [0.3, 0.4) is 0 Å². The first kappa shape index (κ1) is 34.9. The number of benzene rings is 1. The molecule has 14 heteroatoms. The van der Waals surface area contributed by atoms with Gasteiger partial charge in [0.05, 0.1) is 23.9 Å². The van der Waals surface area contributed by atoms with E-state index in [4.69, 9.17) is 9.78 Å². The molecule has 10 nitrogen and oxygen atoms in total. The van der Waals surface area contributed by atoms with E-state index in [9.17, 15) is 39.6 Å².